The lowest BCUT2D eigenvalue weighted by molar-refractivity contribution is -0.153. The van der Waals surface area contributed by atoms with Crippen LogP contribution in [0.25, 0.3) is 0 Å². The third-order valence-corrected chi connectivity index (χ3v) is 3.54. The summed E-state index contributed by atoms with van der Waals surface area (Å²) in [6.45, 7) is 2.19. The molecular formula is C15H21NO4. The van der Waals surface area contributed by atoms with Crippen LogP contribution < -0.4 is 10.1 Å². The normalized spacial score (nSPS) is 25.4. The number of hydrogen-bond donors (Lipinski definition) is 2. The van der Waals surface area contributed by atoms with Crippen molar-refractivity contribution >= 4 is 5.97 Å². The number of β-amino-alcohol motifs (C(OH)–C–C–N with tert-alkyl or cyclic N) is 1. The zero-order chi connectivity index (χ0) is 14.5. The van der Waals surface area contributed by atoms with E-state index in [4.69, 9.17) is 9.47 Å². The molecule has 1 fully saturated rings. The number of hydrogen-bond acceptors (Lipinski definition) is 5. The summed E-state index contributed by atoms with van der Waals surface area (Å²) in [5, 5.41) is 13.1. The number of methoxy groups -OCH3 is 1. The first-order valence-corrected chi connectivity index (χ1v) is 6.88. The maximum absolute atomic E-state index is 11.4. The Morgan fingerprint density at radius 1 is 1.40 bits per heavy atom. The van der Waals surface area contributed by atoms with Gasteiger partial charge in [0, 0.05) is 13.0 Å². The third kappa shape index (κ3) is 3.49. The van der Waals surface area contributed by atoms with Crippen LogP contribution in [0.4, 0.5) is 0 Å². The van der Waals surface area contributed by atoms with Gasteiger partial charge in [-0.05, 0) is 24.1 Å². The van der Waals surface area contributed by atoms with Crippen molar-refractivity contribution in [1.29, 1.82) is 0 Å². The van der Waals surface area contributed by atoms with Crippen molar-refractivity contribution in [3.8, 4) is 5.75 Å². The molecule has 0 bridgehead atoms. The van der Waals surface area contributed by atoms with Crippen LogP contribution >= 0.6 is 0 Å². The summed E-state index contributed by atoms with van der Waals surface area (Å²) in [5.74, 6) is 0.527. The van der Waals surface area contributed by atoms with E-state index >= 15 is 0 Å². The number of rotatable bonds is 5. The zero-order valence-corrected chi connectivity index (χ0v) is 11.8. The quantitative estimate of drug-likeness (QED) is 0.784. The zero-order valence-electron chi connectivity index (χ0n) is 11.8. The molecule has 2 rings (SSSR count). The number of ether oxygens (including phenoxy) is 2. The summed E-state index contributed by atoms with van der Waals surface area (Å²) in [5.41, 5.74) is 1.11. The smallest absolute Gasteiger partial charge is 0.305 e. The Bertz CT molecular complexity index is 446. The molecule has 1 saturated heterocycles. The molecule has 2 N–H and O–H groups in total. The van der Waals surface area contributed by atoms with Gasteiger partial charge in [-0.15, -0.1) is 0 Å². The van der Waals surface area contributed by atoms with Gasteiger partial charge in [0.1, 0.15) is 18.0 Å². The van der Waals surface area contributed by atoms with Gasteiger partial charge in [0.15, 0.2) is 0 Å². The van der Waals surface area contributed by atoms with Gasteiger partial charge in [-0.25, -0.2) is 0 Å². The minimum Gasteiger partial charge on any atom is -0.497 e. The second kappa shape index (κ2) is 6.72. The summed E-state index contributed by atoms with van der Waals surface area (Å²) < 4.78 is 10.4. The van der Waals surface area contributed by atoms with E-state index in [1.165, 1.54) is 0 Å². The molecular weight excluding hydrogens is 258 g/mol. The Kier molecular flexibility index (Phi) is 4.98. The second-order valence-corrected chi connectivity index (χ2v) is 4.94. The fraction of sp³-hybridized carbons (Fsp3) is 0.533. The fourth-order valence-electron chi connectivity index (χ4n) is 2.37. The van der Waals surface area contributed by atoms with E-state index in [0.29, 0.717) is 19.4 Å². The number of esters is 1. The average molecular weight is 279 g/mol. The lowest BCUT2D eigenvalue weighted by atomic mass is 10.0. The SMILES string of the molecule is CCC(=O)O[C@H]1[C@H](Cc2ccc(OC)cc2)NC[C@@H]1O. The molecule has 0 spiro atoms. The number of benzene rings is 1. The number of aliphatic hydroxyl groups excluding tert-OH is 1. The van der Waals surface area contributed by atoms with Crippen molar-refractivity contribution in [3.05, 3.63) is 29.8 Å². The van der Waals surface area contributed by atoms with Crippen LogP contribution in [0, 0.1) is 0 Å². The maximum atomic E-state index is 11.4. The van der Waals surface area contributed by atoms with Crippen molar-refractivity contribution in [2.24, 2.45) is 0 Å². The standard InChI is InChI=1S/C15H21NO4/c1-3-14(18)20-15-12(16-9-13(15)17)8-10-4-6-11(19-2)7-5-10/h4-7,12-13,15-17H,3,8-9H2,1-2H3/t12-,13-,15-/m0/s1. The number of carbonyl (C=O) groups excluding carboxylic acids is 1. The summed E-state index contributed by atoms with van der Waals surface area (Å²) in [6, 6.07) is 7.68. The monoisotopic (exact) mass is 279 g/mol. The topological polar surface area (TPSA) is 67.8 Å². The molecule has 1 heterocycles. The first-order valence-electron chi connectivity index (χ1n) is 6.88. The van der Waals surface area contributed by atoms with Crippen LogP contribution in [0.2, 0.25) is 0 Å². The van der Waals surface area contributed by atoms with E-state index in [-0.39, 0.29) is 12.0 Å². The molecule has 1 aliphatic heterocycles. The molecule has 0 radical (unpaired) electrons. The molecule has 1 aromatic carbocycles. The highest BCUT2D eigenvalue weighted by atomic mass is 16.6. The molecule has 20 heavy (non-hydrogen) atoms. The number of aliphatic hydroxyl groups is 1. The molecule has 5 nitrogen and oxygen atoms in total. The minimum absolute atomic E-state index is 0.0612. The average Bonchev–Trinajstić information content (AvgIpc) is 2.81. The Hall–Kier alpha value is -1.59. The van der Waals surface area contributed by atoms with Gasteiger partial charge >= 0.3 is 5.97 Å². The van der Waals surface area contributed by atoms with E-state index < -0.39 is 12.2 Å². The van der Waals surface area contributed by atoms with E-state index in [2.05, 4.69) is 5.32 Å². The molecule has 0 unspecified atom stereocenters. The summed E-state index contributed by atoms with van der Waals surface area (Å²) in [4.78, 5) is 11.4. The van der Waals surface area contributed by atoms with E-state index in [1.807, 2.05) is 24.3 Å². The Labute approximate surface area is 118 Å². The summed E-state index contributed by atoms with van der Waals surface area (Å²) in [6.07, 6.45) is -0.112. The van der Waals surface area contributed by atoms with Crippen LogP contribution in [0.1, 0.15) is 18.9 Å². The lowest BCUT2D eigenvalue weighted by Crippen LogP contribution is -2.38. The highest BCUT2D eigenvalue weighted by Crippen LogP contribution is 2.19. The lowest BCUT2D eigenvalue weighted by Gasteiger charge is -2.21. The van der Waals surface area contributed by atoms with Gasteiger partial charge in [-0.2, -0.15) is 0 Å². The van der Waals surface area contributed by atoms with Crippen molar-refractivity contribution in [1.82, 2.24) is 5.32 Å². The number of carbonyl (C=O) groups is 1. The van der Waals surface area contributed by atoms with E-state index in [0.717, 1.165) is 11.3 Å². The van der Waals surface area contributed by atoms with E-state index in [1.54, 1.807) is 14.0 Å². The van der Waals surface area contributed by atoms with Gasteiger partial charge < -0.3 is 19.9 Å². The Morgan fingerprint density at radius 3 is 2.70 bits per heavy atom. The Balaban J connectivity index is 2.00. The summed E-state index contributed by atoms with van der Waals surface area (Å²) >= 11 is 0. The van der Waals surface area contributed by atoms with Gasteiger partial charge in [-0.3, -0.25) is 4.79 Å². The van der Waals surface area contributed by atoms with Gasteiger partial charge in [0.2, 0.25) is 0 Å². The Morgan fingerprint density at radius 2 is 2.10 bits per heavy atom. The molecule has 0 aromatic heterocycles. The van der Waals surface area contributed by atoms with Gasteiger partial charge in [-0.1, -0.05) is 19.1 Å². The third-order valence-electron chi connectivity index (χ3n) is 3.54. The van der Waals surface area contributed by atoms with Crippen molar-refractivity contribution in [2.45, 2.75) is 38.0 Å². The summed E-state index contributed by atoms with van der Waals surface area (Å²) in [7, 11) is 1.63. The highest BCUT2D eigenvalue weighted by molar-refractivity contribution is 5.69. The molecule has 0 aliphatic carbocycles. The van der Waals surface area contributed by atoms with Crippen LogP contribution in [-0.2, 0) is 16.0 Å². The molecule has 1 aliphatic rings. The van der Waals surface area contributed by atoms with Crippen LogP contribution in [-0.4, -0.2) is 43.0 Å². The molecule has 110 valence electrons. The number of nitrogens with one attached hydrogen (secondary N) is 1. The molecule has 3 atom stereocenters. The second-order valence-electron chi connectivity index (χ2n) is 4.94. The van der Waals surface area contributed by atoms with Crippen LogP contribution in [0.15, 0.2) is 24.3 Å². The highest BCUT2D eigenvalue weighted by Gasteiger charge is 2.37. The molecule has 0 amide bonds. The van der Waals surface area contributed by atoms with Gasteiger partial charge in [0.25, 0.3) is 0 Å². The molecule has 1 aromatic rings. The maximum Gasteiger partial charge on any atom is 0.305 e. The van der Waals surface area contributed by atoms with Crippen LogP contribution in [0.5, 0.6) is 5.75 Å². The van der Waals surface area contributed by atoms with Crippen molar-refractivity contribution in [2.75, 3.05) is 13.7 Å². The largest absolute Gasteiger partial charge is 0.497 e. The first-order chi connectivity index (χ1) is 9.63. The molecule has 5 heteroatoms. The predicted octanol–water partition coefficient (Wildman–Crippen LogP) is 0.892. The van der Waals surface area contributed by atoms with Gasteiger partial charge in [0.05, 0.1) is 13.2 Å². The fourth-order valence-corrected chi connectivity index (χ4v) is 2.37. The van der Waals surface area contributed by atoms with Crippen molar-refractivity contribution in [3.63, 3.8) is 0 Å². The predicted molar refractivity (Wildman–Crippen MR) is 74.7 cm³/mol. The van der Waals surface area contributed by atoms with Crippen LogP contribution in [0.3, 0.4) is 0 Å². The van der Waals surface area contributed by atoms with E-state index in [9.17, 15) is 9.90 Å². The minimum atomic E-state index is -0.645. The van der Waals surface area contributed by atoms with Crippen molar-refractivity contribution < 1.29 is 19.4 Å². The molecule has 0 saturated carbocycles. The first kappa shape index (κ1) is 14.8.